The van der Waals surface area contributed by atoms with Crippen LogP contribution in [-0.2, 0) is 35.7 Å². The second-order valence-corrected chi connectivity index (χ2v) is 7.95. The van der Waals surface area contributed by atoms with Gasteiger partial charge in [-0.05, 0) is 47.4 Å². The zero-order chi connectivity index (χ0) is 23.6. The summed E-state index contributed by atoms with van der Waals surface area (Å²) in [5, 5.41) is 6.87. The summed E-state index contributed by atoms with van der Waals surface area (Å²) >= 11 is 0. The van der Waals surface area contributed by atoms with Crippen molar-refractivity contribution in [1.29, 1.82) is 0 Å². The number of benzene rings is 3. The molecule has 174 valence electrons. The zero-order valence-corrected chi connectivity index (χ0v) is 18.7. The number of nitrogens with one attached hydrogen (secondary N) is 1. The minimum absolute atomic E-state index is 0.0380. The van der Waals surface area contributed by atoms with E-state index in [4.69, 9.17) is 9.26 Å². The third-order valence-corrected chi connectivity index (χ3v) is 5.23. The van der Waals surface area contributed by atoms with E-state index in [1.165, 1.54) is 12.1 Å². The van der Waals surface area contributed by atoms with Gasteiger partial charge in [-0.15, -0.1) is 0 Å². The Morgan fingerprint density at radius 3 is 2.47 bits per heavy atom. The van der Waals surface area contributed by atoms with Crippen molar-refractivity contribution in [1.82, 2.24) is 15.5 Å². The number of amides is 1. The summed E-state index contributed by atoms with van der Waals surface area (Å²) in [5.41, 5.74) is 3.91. The molecular weight excluding hydrogens is 433 g/mol. The van der Waals surface area contributed by atoms with Crippen molar-refractivity contribution in [2.75, 3.05) is 0 Å². The van der Waals surface area contributed by atoms with Gasteiger partial charge in [0.25, 0.3) is 0 Å². The number of nitrogens with zero attached hydrogens (tertiary/aromatic N) is 2. The van der Waals surface area contributed by atoms with Crippen molar-refractivity contribution >= 4 is 5.91 Å². The maximum absolute atomic E-state index is 13.0. The lowest BCUT2D eigenvalue weighted by atomic mass is 10.1. The Kier molecular flexibility index (Phi) is 8.13. The van der Waals surface area contributed by atoms with Gasteiger partial charge in [-0.2, -0.15) is 4.98 Å². The summed E-state index contributed by atoms with van der Waals surface area (Å²) in [7, 11) is 0. The Morgan fingerprint density at radius 1 is 0.912 bits per heavy atom. The van der Waals surface area contributed by atoms with E-state index in [1.54, 1.807) is 12.1 Å². The van der Waals surface area contributed by atoms with Crippen molar-refractivity contribution < 1.29 is 18.4 Å². The van der Waals surface area contributed by atoms with Crippen molar-refractivity contribution in [3.8, 4) is 11.4 Å². The van der Waals surface area contributed by atoms with Crippen LogP contribution in [0.5, 0.6) is 0 Å². The number of hydrogen-bond acceptors (Lipinski definition) is 5. The molecule has 0 unspecified atom stereocenters. The van der Waals surface area contributed by atoms with Crippen LogP contribution in [0, 0.1) is 5.82 Å². The minimum Gasteiger partial charge on any atom is -0.372 e. The third kappa shape index (κ3) is 7.08. The fraction of sp³-hybridized carbons (Fsp3) is 0.222. The number of halogens is 1. The van der Waals surface area contributed by atoms with Crippen LogP contribution < -0.4 is 5.32 Å². The van der Waals surface area contributed by atoms with E-state index in [0.29, 0.717) is 56.3 Å². The molecule has 0 aliphatic carbocycles. The van der Waals surface area contributed by atoms with Gasteiger partial charge in [0.05, 0.1) is 13.2 Å². The first kappa shape index (κ1) is 23.3. The lowest BCUT2D eigenvalue weighted by Crippen LogP contribution is -2.22. The third-order valence-electron chi connectivity index (χ3n) is 5.23. The van der Waals surface area contributed by atoms with E-state index in [0.717, 1.165) is 16.7 Å². The highest BCUT2D eigenvalue weighted by atomic mass is 19.1. The van der Waals surface area contributed by atoms with Gasteiger partial charge < -0.3 is 14.6 Å². The van der Waals surface area contributed by atoms with E-state index >= 15 is 0 Å². The van der Waals surface area contributed by atoms with Crippen LogP contribution in [0.15, 0.2) is 83.4 Å². The van der Waals surface area contributed by atoms with Crippen LogP contribution >= 0.6 is 0 Å². The van der Waals surface area contributed by atoms with Gasteiger partial charge in [0.1, 0.15) is 5.82 Å². The summed E-state index contributed by atoms with van der Waals surface area (Å²) in [5.74, 6) is 0.507. The summed E-state index contributed by atoms with van der Waals surface area (Å²) in [4.78, 5) is 16.6. The van der Waals surface area contributed by atoms with Crippen LogP contribution in [-0.4, -0.2) is 16.0 Å². The standard InChI is InChI=1S/C27H26FN3O3/c28-24-14-12-23(13-15-24)27-30-26(34-31-27)11-5-10-25(32)29-17-21-8-4-9-22(16-21)19-33-18-20-6-2-1-3-7-20/h1-4,6-9,12-16H,5,10-11,17-19H2,(H,29,32). The number of aromatic nitrogens is 2. The van der Waals surface area contributed by atoms with Gasteiger partial charge in [-0.3, -0.25) is 4.79 Å². The smallest absolute Gasteiger partial charge is 0.226 e. The molecule has 6 nitrogen and oxygen atoms in total. The Bertz CT molecular complexity index is 1190. The molecule has 0 atom stereocenters. The number of rotatable bonds is 11. The highest BCUT2D eigenvalue weighted by Crippen LogP contribution is 2.17. The van der Waals surface area contributed by atoms with Crippen LogP contribution in [0.25, 0.3) is 11.4 Å². The summed E-state index contributed by atoms with van der Waals surface area (Å²) in [6.45, 7) is 1.54. The van der Waals surface area contributed by atoms with E-state index in [9.17, 15) is 9.18 Å². The summed E-state index contributed by atoms with van der Waals surface area (Å²) in [6, 6.07) is 24.0. The SMILES string of the molecule is O=C(CCCc1nc(-c2ccc(F)cc2)no1)NCc1cccc(COCc2ccccc2)c1. The van der Waals surface area contributed by atoms with E-state index in [2.05, 4.69) is 15.5 Å². The molecule has 0 spiro atoms. The van der Waals surface area contributed by atoms with Crippen molar-refractivity contribution in [3.05, 3.63) is 107 Å². The highest BCUT2D eigenvalue weighted by molar-refractivity contribution is 5.75. The monoisotopic (exact) mass is 459 g/mol. The topological polar surface area (TPSA) is 77.2 Å². The second kappa shape index (κ2) is 11.9. The largest absolute Gasteiger partial charge is 0.372 e. The normalized spacial score (nSPS) is 10.9. The molecule has 4 aromatic rings. The first-order chi connectivity index (χ1) is 16.7. The van der Waals surface area contributed by atoms with Gasteiger partial charge in [0, 0.05) is 24.9 Å². The van der Waals surface area contributed by atoms with Crippen molar-refractivity contribution in [2.24, 2.45) is 0 Å². The lowest BCUT2D eigenvalue weighted by Gasteiger charge is -2.08. The number of carbonyl (C=O) groups excluding carboxylic acids is 1. The van der Waals surface area contributed by atoms with Crippen molar-refractivity contribution in [2.45, 2.75) is 39.0 Å². The number of aryl methyl sites for hydroxylation is 1. The molecule has 0 fully saturated rings. The second-order valence-electron chi connectivity index (χ2n) is 7.95. The molecule has 1 aromatic heterocycles. The van der Waals surface area contributed by atoms with E-state index in [1.807, 2.05) is 54.6 Å². The molecular formula is C27H26FN3O3. The zero-order valence-electron chi connectivity index (χ0n) is 18.7. The first-order valence-corrected chi connectivity index (χ1v) is 11.2. The van der Waals surface area contributed by atoms with Gasteiger partial charge in [-0.1, -0.05) is 59.8 Å². The first-order valence-electron chi connectivity index (χ1n) is 11.2. The van der Waals surface area contributed by atoms with Crippen LogP contribution in [0.1, 0.15) is 35.4 Å². The van der Waals surface area contributed by atoms with Gasteiger partial charge in [-0.25, -0.2) is 4.39 Å². The van der Waals surface area contributed by atoms with E-state index in [-0.39, 0.29) is 11.7 Å². The molecule has 0 aliphatic rings. The Hall–Kier alpha value is -3.84. The molecule has 34 heavy (non-hydrogen) atoms. The Morgan fingerprint density at radius 2 is 1.65 bits per heavy atom. The predicted octanol–water partition coefficient (Wildman–Crippen LogP) is 5.23. The van der Waals surface area contributed by atoms with Crippen LogP contribution in [0.2, 0.25) is 0 Å². The van der Waals surface area contributed by atoms with Crippen molar-refractivity contribution in [3.63, 3.8) is 0 Å². The number of ether oxygens (including phenoxy) is 1. The molecule has 1 amide bonds. The number of carbonyl (C=O) groups is 1. The highest BCUT2D eigenvalue weighted by Gasteiger charge is 2.10. The quantitative estimate of drug-likeness (QED) is 0.332. The average Bonchev–Trinajstić information content (AvgIpc) is 3.33. The molecule has 0 radical (unpaired) electrons. The molecule has 7 heteroatoms. The van der Waals surface area contributed by atoms with Crippen LogP contribution in [0.4, 0.5) is 4.39 Å². The maximum Gasteiger partial charge on any atom is 0.226 e. The Balaban J connectivity index is 1.16. The minimum atomic E-state index is -0.318. The fourth-order valence-corrected chi connectivity index (χ4v) is 3.45. The average molecular weight is 460 g/mol. The molecule has 0 bridgehead atoms. The van der Waals surface area contributed by atoms with Gasteiger partial charge >= 0.3 is 0 Å². The maximum atomic E-state index is 13.0. The lowest BCUT2D eigenvalue weighted by molar-refractivity contribution is -0.121. The predicted molar refractivity (Wildman–Crippen MR) is 126 cm³/mol. The molecule has 0 aliphatic heterocycles. The summed E-state index contributed by atoms with van der Waals surface area (Å²) in [6.07, 6.45) is 1.44. The molecule has 0 saturated carbocycles. The molecule has 0 saturated heterocycles. The molecule has 4 rings (SSSR count). The molecule has 1 heterocycles. The van der Waals surface area contributed by atoms with Crippen LogP contribution in [0.3, 0.4) is 0 Å². The molecule has 1 N–H and O–H groups in total. The van der Waals surface area contributed by atoms with E-state index < -0.39 is 0 Å². The van der Waals surface area contributed by atoms with Gasteiger partial charge in [0.15, 0.2) is 0 Å². The Labute approximate surface area is 197 Å². The summed E-state index contributed by atoms with van der Waals surface area (Å²) < 4.78 is 24.1. The van der Waals surface area contributed by atoms with Gasteiger partial charge in [0.2, 0.25) is 17.6 Å². The molecule has 3 aromatic carbocycles. The number of hydrogen-bond donors (Lipinski definition) is 1. The fourth-order valence-electron chi connectivity index (χ4n) is 3.45.